The van der Waals surface area contributed by atoms with Crippen molar-refractivity contribution >= 4 is 0 Å². The first-order chi connectivity index (χ1) is 12.3. The molecule has 0 saturated carbocycles. The molecule has 1 aliphatic heterocycles. The fraction of sp³-hybridized carbons (Fsp3) is 0.400. The van der Waals surface area contributed by atoms with Gasteiger partial charge < -0.3 is 18.9 Å². The predicted octanol–water partition coefficient (Wildman–Crippen LogP) is 3.24. The molecule has 1 aliphatic rings. The molecular weight excluding hydrogens is 318 g/mol. The fourth-order valence-corrected chi connectivity index (χ4v) is 3.01. The molecule has 0 radical (unpaired) electrons. The molecule has 0 aliphatic carbocycles. The van der Waals surface area contributed by atoms with Gasteiger partial charge in [0.15, 0.2) is 23.0 Å². The largest absolute Gasteiger partial charge is 0.493 e. The number of rotatable bonds is 8. The number of para-hydroxylation sites is 4. The van der Waals surface area contributed by atoms with Gasteiger partial charge in [0, 0.05) is 19.6 Å². The maximum Gasteiger partial charge on any atom is 0.161 e. The fourth-order valence-electron chi connectivity index (χ4n) is 3.01. The zero-order chi connectivity index (χ0) is 17.5. The van der Waals surface area contributed by atoms with Gasteiger partial charge in [0.1, 0.15) is 12.7 Å². The average molecular weight is 343 g/mol. The van der Waals surface area contributed by atoms with Crippen LogP contribution in [0.1, 0.15) is 6.42 Å². The van der Waals surface area contributed by atoms with E-state index in [-0.39, 0.29) is 6.10 Å². The minimum atomic E-state index is 0.183. The molecule has 1 heterocycles. The topological polar surface area (TPSA) is 40.2 Å². The molecule has 0 spiro atoms. The van der Waals surface area contributed by atoms with Gasteiger partial charge in [-0.3, -0.25) is 4.90 Å². The van der Waals surface area contributed by atoms with Crippen LogP contribution < -0.4 is 18.9 Å². The number of hydrogen-bond donors (Lipinski definition) is 0. The number of likely N-dealkylation sites (tertiary alicyclic amines) is 1. The second-order valence-electron chi connectivity index (χ2n) is 5.98. The van der Waals surface area contributed by atoms with Gasteiger partial charge in [-0.1, -0.05) is 24.3 Å². The van der Waals surface area contributed by atoms with Gasteiger partial charge in [0.2, 0.25) is 0 Å². The predicted molar refractivity (Wildman–Crippen MR) is 97.0 cm³/mol. The molecule has 0 aromatic heterocycles. The minimum Gasteiger partial charge on any atom is -0.493 e. The number of methoxy groups -OCH3 is 2. The highest BCUT2D eigenvalue weighted by molar-refractivity contribution is 5.40. The first-order valence-corrected chi connectivity index (χ1v) is 8.58. The first-order valence-electron chi connectivity index (χ1n) is 8.58. The van der Waals surface area contributed by atoms with Gasteiger partial charge in [-0.2, -0.15) is 0 Å². The first kappa shape index (κ1) is 17.4. The van der Waals surface area contributed by atoms with Gasteiger partial charge in [-0.15, -0.1) is 0 Å². The van der Waals surface area contributed by atoms with Crippen molar-refractivity contribution in [3.05, 3.63) is 48.5 Å². The maximum absolute atomic E-state index is 6.10. The zero-order valence-electron chi connectivity index (χ0n) is 14.8. The Labute approximate surface area is 149 Å². The zero-order valence-corrected chi connectivity index (χ0v) is 14.8. The van der Waals surface area contributed by atoms with E-state index in [9.17, 15) is 0 Å². The summed E-state index contributed by atoms with van der Waals surface area (Å²) in [5, 5.41) is 0. The lowest BCUT2D eigenvalue weighted by Crippen LogP contribution is -2.28. The van der Waals surface area contributed by atoms with Crippen molar-refractivity contribution in [2.45, 2.75) is 12.5 Å². The van der Waals surface area contributed by atoms with Crippen LogP contribution in [0, 0.1) is 0 Å². The van der Waals surface area contributed by atoms with Gasteiger partial charge >= 0.3 is 0 Å². The van der Waals surface area contributed by atoms with Crippen LogP contribution in [0.3, 0.4) is 0 Å². The molecule has 3 rings (SSSR count). The molecule has 1 unspecified atom stereocenters. The summed E-state index contributed by atoms with van der Waals surface area (Å²) in [5.41, 5.74) is 0. The van der Waals surface area contributed by atoms with Crippen LogP contribution in [-0.4, -0.2) is 51.5 Å². The van der Waals surface area contributed by atoms with Crippen molar-refractivity contribution in [2.75, 3.05) is 40.5 Å². The molecule has 1 saturated heterocycles. The van der Waals surface area contributed by atoms with Gasteiger partial charge in [-0.05, 0) is 30.7 Å². The Morgan fingerprint density at radius 2 is 1.48 bits per heavy atom. The molecule has 2 aromatic carbocycles. The lowest BCUT2D eigenvalue weighted by Gasteiger charge is -2.18. The van der Waals surface area contributed by atoms with Crippen LogP contribution in [0.5, 0.6) is 23.0 Å². The lowest BCUT2D eigenvalue weighted by atomic mass is 10.3. The number of nitrogens with zero attached hydrogens (tertiary/aromatic N) is 1. The summed E-state index contributed by atoms with van der Waals surface area (Å²) in [6, 6.07) is 15.5. The quantitative estimate of drug-likeness (QED) is 0.736. The van der Waals surface area contributed by atoms with E-state index < -0.39 is 0 Å². The third-order valence-electron chi connectivity index (χ3n) is 4.33. The summed E-state index contributed by atoms with van der Waals surface area (Å²) < 4.78 is 22.6. The molecule has 1 fully saturated rings. The normalized spacial score (nSPS) is 17.3. The van der Waals surface area contributed by atoms with E-state index in [4.69, 9.17) is 18.9 Å². The number of hydrogen-bond acceptors (Lipinski definition) is 5. The SMILES string of the molecule is COc1ccccc1OCCN1CCC(Oc2ccccc2OC)C1. The lowest BCUT2D eigenvalue weighted by molar-refractivity contribution is 0.180. The summed E-state index contributed by atoms with van der Waals surface area (Å²) in [5.74, 6) is 3.13. The van der Waals surface area contributed by atoms with E-state index in [2.05, 4.69) is 4.90 Å². The Hall–Kier alpha value is -2.40. The van der Waals surface area contributed by atoms with Crippen LogP contribution in [-0.2, 0) is 0 Å². The van der Waals surface area contributed by atoms with Gasteiger partial charge in [0.25, 0.3) is 0 Å². The van der Waals surface area contributed by atoms with Crippen LogP contribution in [0.2, 0.25) is 0 Å². The van der Waals surface area contributed by atoms with E-state index in [1.165, 1.54) is 0 Å². The number of ether oxygens (including phenoxy) is 4. The van der Waals surface area contributed by atoms with Gasteiger partial charge in [-0.25, -0.2) is 0 Å². The van der Waals surface area contributed by atoms with Crippen molar-refractivity contribution in [3.63, 3.8) is 0 Å². The third-order valence-corrected chi connectivity index (χ3v) is 4.33. The molecule has 0 N–H and O–H groups in total. The van der Waals surface area contributed by atoms with Crippen LogP contribution in [0.15, 0.2) is 48.5 Å². The molecule has 134 valence electrons. The smallest absolute Gasteiger partial charge is 0.161 e. The molecule has 0 bridgehead atoms. The summed E-state index contributed by atoms with van der Waals surface area (Å²) in [6.07, 6.45) is 1.19. The standard InChI is InChI=1S/C20H25NO4/c1-22-17-7-3-5-9-19(17)24-14-13-21-12-11-16(15-21)25-20-10-6-4-8-18(20)23-2/h3-10,16H,11-15H2,1-2H3. The minimum absolute atomic E-state index is 0.183. The van der Waals surface area contributed by atoms with Crippen molar-refractivity contribution < 1.29 is 18.9 Å². The Balaban J connectivity index is 1.45. The highest BCUT2D eigenvalue weighted by Crippen LogP contribution is 2.29. The van der Waals surface area contributed by atoms with Crippen LogP contribution >= 0.6 is 0 Å². The molecule has 25 heavy (non-hydrogen) atoms. The second kappa shape index (κ2) is 8.62. The molecule has 0 amide bonds. The highest BCUT2D eigenvalue weighted by atomic mass is 16.5. The van der Waals surface area contributed by atoms with E-state index in [0.717, 1.165) is 49.1 Å². The highest BCUT2D eigenvalue weighted by Gasteiger charge is 2.24. The van der Waals surface area contributed by atoms with E-state index in [0.29, 0.717) is 6.61 Å². The monoisotopic (exact) mass is 343 g/mol. The number of benzene rings is 2. The van der Waals surface area contributed by atoms with E-state index >= 15 is 0 Å². The van der Waals surface area contributed by atoms with Crippen LogP contribution in [0.25, 0.3) is 0 Å². The molecule has 1 atom stereocenters. The molecule has 5 heteroatoms. The second-order valence-corrected chi connectivity index (χ2v) is 5.98. The van der Waals surface area contributed by atoms with Gasteiger partial charge in [0.05, 0.1) is 14.2 Å². The Kier molecular flexibility index (Phi) is 6.01. The summed E-state index contributed by atoms with van der Waals surface area (Å²) >= 11 is 0. The van der Waals surface area contributed by atoms with Crippen molar-refractivity contribution in [1.82, 2.24) is 4.90 Å². The Bertz CT molecular complexity index is 676. The van der Waals surface area contributed by atoms with Crippen molar-refractivity contribution in [3.8, 4) is 23.0 Å². The molecular formula is C20H25NO4. The van der Waals surface area contributed by atoms with Crippen molar-refractivity contribution in [1.29, 1.82) is 0 Å². The average Bonchev–Trinajstić information content (AvgIpc) is 3.10. The third kappa shape index (κ3) is 4.57. The van der Waals surface area contributed by atoms with E-state index in [1.54, 1.807) is 14.2 Å². The molecule has 2 aromatic rings. The Morgan fingerprint density at radius 3 is 2.16 bits per heavy atom. The van der Waals surface area contributed by atoms with E-state index in [1.807, 2.05) is 48.5 Å². The van der Waals surface area contributed by atoms with Crippen LogP contribution in [0.4, 0.5) is 0 Å². The summed E-state index contributed by atoms with van der Waals surface area (Å²) in [6.45, 7) is 3.40. The Morgan fingerprint density at radius 1 is 0.880 bits per heavy atom. The summed E-state index contributed by atoms with van der Waals surface area (Å²) in [4.78, 5) is 2.36. The van der Waals surface area contributed by atoms with Crippen molar-refractivity contribution in [2.24, 2.45) is 0 Å². The maximum atomic E-state index is 6.10. The summed E-state index contributed by atoms with van der Waals surface area (Å²) in [7, 11) is 3.32. The molecule has 5 nitrogen and oxygen atoms in total.